The molecule has 0 N–H and O–H groups in total. The van der Waals surface area contributed by atoms with E-state index in [0.29, 0.717) is 13.1 Å². The summed E-state index contributed by atoms with van der Waals surface area (Å²) in [5.41, 5.74) is -0.755. The molecule has 1 aliphatic heterocycles. The Morgan fingerprint density at radius 2 is 2.09 bits per heavy atom. The fraction of sp³-hybridized carbons (Fsp3) is 0.400. The second kappa shape index (κ2) is 5.48. The zero-order valence-electron chi connectivity index (χ0n) is 12.1. The minimum absolute atomic E-state index is 0.164. The molecule has 2 heterocycles. The van der Waals surface area contributed by atoms with Crippen LogP contribution in [0, 0.1) is 11.7 Å². The Bertz CT molecular complexity index is 875. The predicted octanol–water partition coefficient (Wildman–Crippen LogP) is 2.35. The Morgan fingerprint density at radius 3 is 2.82 bits per heavy atom. The third-order valence-electron chi connectivity index (χ3n) is 3.90. The van der Waals surface area contributed by atoms with E-state index in [1.54, 1.807) is 0 Å². The molecule has 0 spiro atoms. The third kappa shape index (κ3) is 2.66. The van der Waals surface area contributed by atoms with E-state index >= 15 is 0 Å². The van der Waals surface area contributed by atoms with Gasteiger partial charge in [0.2, 0.25) is 10.0 Å². The summed E-state index contributed by atoms with van der Waals surface area (Å²) in [5, 5.41) is 0.253. The molecule has 3 rings (SSSR count). The molecule has 1 saturated heterocycles. The minimum atomic E-state index is -3.93. The first-order valence-electron chi connectivity index (χ1n) is 7.11. The van der Waals surface area contributed by atoms with Crippen LogP contribution in [0.5, 0.6) is 0 Å². The van der Waals surface area contributed by atoms with E-state index in [9.17, 15) is 17.6 Å². The third-order valence-corrected chi connectivity index (χ3v) is 5.75. The van der Waals surface area contributed by atoms with Crippen molar-refractivity contribution in [3.63, 3.8) is 0 Å². The Balaban J connectivity index is 2.12. The molecule has 118 valence electrons. The maximum absolute atomic E-state index is 13.3. The van der Waals surface area contributed by atoms with Gasteiger partial charge in [-0.05, 0) is 43.0 Å². The summed E-state index contributed by atoms with van der Waals surface area (Å²) in [6.07, 6.45) is 1.72. The molecular formula is C15H16FNO4S. The first kappa shape index (κ1) is 15.2. The van der Waals surface area contributed by atoms with Crippen molar-refractivity contribution in [3.8, 4) is 0 Å². The van der Waals surface area contributed by atoms with Crippen molar-refractivity contribution in [2.24, 2.45) is 5.92 Å². The molecule has 2 aromatic rings. The summed E-state index contributed by atoms with van der Waals surface area (Å²) in [6, 6.07) is 4.81. The van der Waals surface area contributed by atoms with Crippen molar-refractivity contribution in [2.75, 3.05) is 13.1 Å². The summed E-state index contributed by atoms with van der Waals surface area (Å²) in [5.74, 6) is -0.273. The van der Waals surface area contributed by atoms with Crippen molar-refractivity contribution in [1.29, 1.82) is 0 Å². The van der Waals surface area contributed by atoms with Crippen LogP contribution in [0.25, 0.3) is 11.0 Å². The number of sulfonamides is 1. The number of piperidine rings is 1. The van der Waals surface area contributed by atoms with E-state index in [-0.39, 0.29) is 16.9 Å². The lowest BCUT2D eigenvalue weighted by Crippen LogP contribution is -2.40. The van der Waals surface area contributed by atoms with Gasteiger partial charge in [-0.3, -0.25) is 0 Å². The highest BCUT2D eigenvalue weighted by molar-refractivity contribution is 7.89. The summed E-state index contributed by atoms with van der Waals surface area (Å²) in [6.45, 7) is 2.73. The Kier molecular flexibility index (Phi) is 3.78. The van der Waals surface area contributed by atoms with Gasteiger partial charge in [-0.25, -0.2) is 17.6 Å². The van der Waals surface area contributed by atoms with Crippen LogP contribution in [-0.2, 0) is 10.0 Å². The van der Waals surface area contributed by atoms with Crippen LogP contribution >= 0.6 is 0 Å². The van der Waals surface area contributed by atoms with Crippen LogP contribution in [0.3, 0.4) is 0 Å². The Labute approximate surface area is 127 Å². The normalized spacial score (nSPS) is 20.4. The molecule has 7 heteroatoms. The lowest BCUT2D eigenvalue weighted by Gasteiger charge is -2.29. The molecule has 1 fully saturated rings. The Morgan fingerprint density at radius 1 is 1.32 bits per heavy atom. The van der Waals surface area contributed by atoms with Crippen LogP contribution in [0.2, 0.25) is 0 Å². The fourth-order valence-corrected chi connectivity index (χ4v) is 4.39. The molecule has 1 aromatic heterocycles. The number of halogens is 1. The highest BCUT2D eigenvalue weighted by atomic mass is 32.2. The first-order chi connectivity index (χ1) is 10.4. The van der Waals surface area contributed by atoms with E-state index in [0.717, 1.165) is 25.0 Å². The first-order valence-corrected chi connectivity index (χ1v) is 8.55. The van der Waals surface area contributed by atoms with Crippen molar-refractivity contribution >= 4 is 21.0 Å². The van der Waals surface area contributed by atoms with Gasteiger partial charge in [0.1, 0.15) is 11.4 Å². The van der Waals surface area contributed by atoms with Gasteiger partial charge < -0.3 is 4.42 Å². The largest absolute Gasteiger partial charge is 0.422 e. The second-order valence-electron chi connectivity index (χ2n) is 5.69. The number of fused-ring (bicyclic) bond motifs is 1. The van der Waals surface area contributed by atoms with E-state index in [4.69, 9.17) is 4.42 Å². The van der Waals surface area contributed by atoms with Crippen LogP contribution < -0.4 is 5.63 Å². The zero-order valence-corrected chi connectivity index (χ0v) is 12.9. The maximum atomic E-state index is 13.3. The molecule has 0 amide bonds. The summed E-state index contributed by atoms with van der Waals surface area (Å²) in [7, 11) is -3.93. The highest BCUT2D eigenvalue weighted by Gasteiger charge is 2.31. The maximum Gasteiger partial charge on any atom is 0.356 e. The van der Waals surface area contributed by atoms with Crippen molar-refractivity contribution < 1.29 is 17.2 Å². The topological polar surface area (TPSA) is 67.6 Å². The summed E-state index contributed by atoms with van der Waals surface area (Å²) in [4.78, 5) is 11.6. The van der Waals surface area contributed by atoms with Gasteiger partial charge in [0.15, 0.2) is 4.90 Å². The van der Waals surface area contributed by atoms with Gasteiger partial charge in [0.25, 0.3) is 0 Å². The number of benzene rings is 1. The molecule has 1 aromatic carbocycles. The fourth-order valence-electron chi connectivity index (χ4n) is 2.76. The van der Waals surface area contributed by atoms with E-state index in [1.807, 2.05) is 6.92 Å². The molecular weight excluding hydrogens is 309 g/mol. The SMILES string of the molecule is C[C@@H]1CCCN(S(=O)(=O)c2cc3cc(F)ccc3oc2=O)C1. The van der Waals surface area contributed by atoms with Crippen LogP contribution in [-0.4, -0.2) is 25.8 Å². The van der Waals surface area contributed by atoms with Crippen molar-refractivity contribution in [2.45, 2.75) is 24.7 Å². The highest BCUT2D eigenvalue weighted by Crippen LogP contribution is 2.24. The molecule has 5 nitrogen and oxygen atoms in total. The van der Waals surface area contributed by atoms with Crippen molar-refractivity contribution in [3.05, 3.63) is 40.5 Å². The molecule has 0 saturated carbocycles. The number of nitrogens with zero attached hydrogens (tertiary/aromatic N) is 1. The lowest BCUT2D eigenvalue weighted by atomic mass is 10.0. The van der Waals surface area contributed by atoms with E-state index in [2.05, 4.69) is 0 Å². The van der Waals surface area contributed by atoms with Crippen molar-refractivity contribution in [1.82, 2.24) is 4.31 Å². The van der Waals surface area contributed by atoms with Gasteiger partial charge in [-0.15, -0.1) is 0 Å². The summed E-state index contributed by atoms with van der Waals surface area (Å²) < 4.78 is 44.9. The molecule has 0 radical (unpaired) electrons. The number of hydrogen-bond acceptors (Lipinski definition) is 4. The molecule has 0 aliphatic carbocycles. The quantitative estimate of drug-likeness (QED) is 0.795. The standard InChI is InChI=1S/C15H16FNO4S/c1-10-3-2-6-17(9-10)22(19,20)14-8-11-7-12(16)4-5-13(11)21-15(14)18/h4-5,7-8,10H,2-3,6,9H2,1H3/t10-/m1/s1. The second-order valence-corrected chi connectivity index (χ2v) is 7.60. The summed E-state index contributed by atoms with van der Waals surface area (Å²) >= 11 is 0. The van der Waals surface area contributed by atoms with Gasteiger partial charge in [-0.2, -0.15) is 4.31 Å². The number of rotatable bonds is 2. The van der Waals surface area contributed by atoms with Gasteiger partial charge in [0, 0.05) is 18.5 Å². The molecule has 22 heavy (non-hydrogen) atoms. The van der Waals surface area contributed by atoms with Crippen LogP contribution in [0.1, 0.15) is 19.8 Å². The van der Waals surface area contributed by atoms with Gasteiger partial charge in [-0.1, -0.05) is 6.92 Å². The Hall–Kier alpha value is -1.73. The van der Waals surface area contributed by atoms with E-state index < -0.39 is 26.4 Å². The molecule has 1 atom stereocenters. The predicted molar refractivity (Wildman–Crippen MR) is 79.6 cm³/mol. The van der Waals surface area contributed by atoms with Crippen LogP contribution in [0.15, 0.2) is 38.4 Å². The zero-order chi connectivity index (χ0) is 15.9. The average Bonchev–Trinajstić information content (AvgIpc) is 2.47. The van der Waals surface area contributed by atoms with Crippen LogP contribution in [0.4, 0.5) is 4.39 Å². The van der Waals surface area contributed by atoms with Gasteiger partial charge >= 0.3 is 5.63 Å². The molecule has 1 aliphatic rings. The van der Waals surface area contributed by atoms with E-state index in [1.165, 1.54) is 16.4 Å². The average molecular weight is 325 g/mol. The molecule has 0 unspecified atom stereocenters. The number of hydrogen-bond donors (Lipinski definition) is 0. The lowest BCUT2D eigenvalue weighted by molar-refractivity contribution is 0.280. The smallest absolute Gasteiger partial charge is 0.356 e. The minimum Gasteiger partial charge on any atom is -0.422 e. The molecule has 0 bridgehead atoms. The monoisotopic (exact) mass is 325 g/mol. The van der Waals surface area contributed by atoms with Gasteiger partial charge in [0.05, 0.1) is 0 Å².